The van der Waals surface area contributed by atoms with Crippen molar-refractivity contribution in [1.29, 1.82) is 0 Å². The van der Waals surface area contributed by atoms with Gasteiger partial charge in [-0.25, -0.2) is 4.98 Å². The molecule has 1 N–H and O–H groups in total. The number of fused-ring (bicyclic) bond motifs is 1. The summed E-state index contributed by atoms with van der Waals surface area (Å²) >= 11 is 5.99. The molecule has 0 spiro atoms. The first-order chi connectivity index (χ1) is 9.60. The van der Waals surface area contributed by atoms with Crippen molar-refractivity contribution in [2.75, 3.05) is 7.11 Å². The minimum Gasteiger partial charge on any atom is -0.504 e. The summed E-state index contributed by atoms with van der Waals surface area (Å²) in [6.45, 7) is 0. The Kier molecular flexibility index (Phi) is 3.03. The van der Waals surface area contributed by atoms with Crippen LogP contribution in [-0.2, 0) is 7.05 Å². The lowest BCUT2D eigenvalue weighted by molar-refractivity contribution is 0.373. The lowest BCUT2D eigenvalue weighted by Crippen LogP contribution is -1.93. The van der Waals surface area contributed by atoms with Crippen LogP contribution in [0.5, 0.6) is 11.5 Å². The molecule has 3 rings (SSSR count). The van der Waals surface area contributed by atoms with Crippen LogP contribution in [0.2, 0.25) is 5.02 Å². The van der Waals surface area contributed by atoms with Crippen molar-refractivity contribution in [3.05, 3.63) is 41.4 Å². The van der Waals surface area contributed by atoms with Crippen LogP contribution in [0.1, 0.15) is 0 Å². The van der Waals surface area contributed by atoms with E-state index in [1.807, 2.05) is 35.9 Å². The molecule has 0 aliphatic heterocycles. The van der Waals surface area contributed by atoms with Crippen LogP contribution in [0, 0.1) is 0 Å². The number of rotatable bonds is 2. The molecule has 0 aliphatic rings. The summed E-state index contributed by atoms with van der Waals surface area (Å²) in [4.78, 5) is 4.57. The third kappa shape index (κ3) is 1.98. The van der Waals surface area contributed by atoms with E-state index in [1.54, 1.807) is 12.1 Å². The number of nitrogens with zero attached hydrogens (tertiary/aromatic N) is 2. The van der Waals surface area contributed by atoms with E-state index in [9.17, 15) is 5.11 Å². The van der Waals surface area contributed by atoms with E-state index in [-0.39, 0.29) is 5.75 Å². The van der Waals surface area contributed by atoms with Crippen LogP contribution >= 0.6 is 11.6 Å². The van der Waals surface area contributed by atoms with Crippen molar-refractivity contribution in [3.8, 4) is 22.9 Å². The van der Waals surface area contributed by atoms with Gasteiger partial charge in [0.1, 0.15) is 5.82 Å². The lowest BCUT2D eigenvalue weighted by atomic mass is 10.2. The number of aromatic hydroxyl groups is 1. The predicted molar refractivity (Wildman–Crippen MR) is 79.4 cm³/mol. The maximum Gasteiger partial charge on any atom is 0.160 e. The van der Waals surface area contributed by atoms with Crippen molar-refractivity contribution < 1.29 is 9.84 Å². The van der Waals surface area contributed by atoms with Crippen molar-refractivity contribution >= 4 is 22.6 Å². The van der Waals surface area contributed by atoms with Gasteiger partial charge in [0, 0.05) is 17.6 Å². The monoisotopic (exact) mass is 288 g/mol. The second kappa shape index (κ2) is 4.72. The summed E-state index contributed by atoms with van der Waals surface area (Å²) in [5.41, 5.74) is 2.63. The molecule has 3 aromatic rings. The number of imidazole rings is 1. The molecule has 0 radical (unpaired) electrons. The Morgan fingerprint density at radius 1 is 1.20 bits per heavy atom. The van der Waals surface area contributed by atoms with Gasteiger partial charge in [0.05, 0.1) is 18.1 Å². The zero-order valence-electron chi connectivity index (χ0n) is 11.1. The quantitative estimate of drug-likeness (QED) is 0.783. The number of hydrogen-bond donors (Lipinski definition) is 1. The van der Waals surface area contributed by atoms with Gasteiger partial charge in [-0.1, -0.05) is 11.6 Å². The Morgan fingerprint density at radius 2 is 2.00 bits per heavy atom. The molecule has 4 nitrogen and oxygen atoms in total. The molecule has 0 saturated carbocycles. The number of phenolic OH excluding ortho intramolecular Hbond substituents is 1. The normalized spacial score (nSPS) is 10.9. The highest BCUT2D eigenvalue weighted by molar-refractivity contribution is 6.31. The number of aromatic nitrogens is 2. The minimum atomic E-state index is 0.0927. The smallest absolute Gasteiger partial charge is 0.160 e. The first kappa shape index (κ1) is 12.8. The molecular formula is C15H13ClN2O2. The third-order valence-corrected chi connectivity index (χ3v) is 3.52. The maximum absolute atomic E-state index is 9.88. The van der Waals surface area contributed by atoms with Crippen LogP contribution < -0.4 is 4.74 Å². The Hall–Kier alpha value is -2.20. The Balaban J connectivity index is 2.19. The minimum absolute atomic E-state index is 0.0927. The fraction of sp³-hybridized carbons (Fsp3) is 0.133. The predicted octanol–water partition coefficient (Wildman–Crippen LogP) is 3.61. The molecule has 0 unspecified atom stereocenters. The molecule has 0 amide bonds. The highest BCUT2D eigenvalue weighted by Crippen LogP contribution is 2.32. The van der Waals surface area contributed by atoms with E-state index < -0.39 is 0 Å². The van der Waals surface area contributed by atoms with Gasteiger partial charge in [0.25, 0.3) is 0 Å². The van der Waals surface area contributed by atoms with Gasteiger partial charge in [0.15, 0.2) is 11.5 Å². The molecule has 1 heterocycles. The third-order valence-electron chi connectivity index (χ3n) is 3.28. The van der Waals surface area contributed by atoms with E-state index in [2.05, 4.69) is 4.98 Å². The van der Waals surface area contributed by atoms with Gasteiger partial charge in [0.2, 0.25) is 0 Å². The van der Waals surface area contributed by atoms with Crippen LogP contribution in [0.25, 0.3) is 22.4 Å². The molecule has 0 saturated heterocycles. The fourth-order valence-corrected chi connectivity index (χ4v) is 2.43. The van der Waals surface area contributed by atoms with E-state index in [0.29, 0.717) is 10.8 Å². The molecular weight excluding hydrogens is 276 g/mol. The average molecular weight is 289 g/mol. The van der Waals surface area contributed by atoms with Crippen molar-refractivity contribution in [2.45, 2.75) is 0 Å². The number of halogens is 1. The SMILES string of the molecule is COc1ccc(-c2nc3cc(Cl)ccc3n2C)cc1O. The zero-order valence-corrected chi connectivity index (χ0v) is 11.8. The van der Waals surface area contributed by atoms with E-state index in [4.69, 9.17) is 16.3 Å². The summed E-state index contributed by atoms with van der Waals surface area (Å²) < 4.78 is 7.01. The van der Waals surface area contributed by atoms with E-state index in [1.165, 1.54) is 7.11 Å². The molecule has 5 heteroatoms. The standard InChI is InChI=1S/C15H13ClN2O2/c1-18-12-5-4-10(16)8-11(12)17-15(18)9-3-6-14(20-2)13(19)7-9/h3-8,19H,1-2H3. The number of methoxy groups -OCH3 is 1. The topological polar surface area (TPSA) is 47.3 Å². The summed E-state index contributed by atoms with van der Waals surface area (Å²) in [5.74, 6) is 1.30. The molecule has 0 atom stereocenters. The van der Waals surface area contributed by atoms with Gasteiger partial charge in [-0.15, -0.1) is 0 Å². The maximum atomic E-state index is 9.88. The van der Waals surface area contributed by atoms with E-state index in [0.717, 1.165) is 22.4 Å². The van der Waals surface area contributed by atoms with Crippen LogP contribution in [0.15, 0.2) is 36.4 Å². The van der Waals surface area contributed by atoms with Gasteiger partial charge in [-0.2, -0.15) is 0 Å². The van der Waals surface area contributed by atoms with E-state index >= 15 is 0 Å². The summed E-state index contributed by atoms with van der Waals surface area (Å²) in [6.07, 6.45) is 0. The van der Waals surface area contributed by atoms with Gasteiger partial charge >= 0.3 is 0 Å². The van der Waals surface area contributed by atoms with Gasteiger partial charge in [-0.3, -0.25) is 0 Å². The molecule has 0 aliphatic carbocycles. The molecule has 1 aromatic heterocycles. The van der Waals surface area contributed by atoms with Crippen molar-refractivity contribution in [2.24, 2.45) is 7.05 Å². The van der Waals surface area contributed by atoms with Crippen molar-refractivity contribution in [3.63, 3.8) is 0 Å². The Morgan fingerprint density at radius 3 is 2.70 bits per heavy atom. The van der Waals surface area contributed by atoms with Crippen LogP contribution in [0.3, 0.4) is 0 Å². The van der Waals surface area contributed by atoms with Gasteiger partial charge in [-0.05, 0) is 36.4 Å². The molecule has 2 aromatic carbocycles. The highest BCUT2D eigenvalue weighted by Gasteiger charge is 2.12. The van der Waals surface area contributed by atoms with Gasteiger partial charge < -0.3 is 14.4 Å². The summed E-state index contributed by atoms with van der Waals surface area (Å²) in [6, 6.07) is 10.8. The average Bonchev–Trinajstić information content (AvgIpc) is 2.75. The molecule has 0 bridgehead atoms. The molecule has 20 heavy (non-hydrogen) atoms. The number of hydrogen-bond acceptors (Lipinski definition) is 3. The number of aryl methyl sites for hydroxylation is 1. The van der Waals surface area contributed by atoms with Crippen LogP contribution in [0.4, 0.5) is 0 Å². The Bertz CT molecular complexity index is 796. The summed E-state index contributed by atoms with van der Waals surface area (Å²) in [5, 5.41) is 10.5. The summed E-state index contributed by atoms with van der Waals surface area (Å²) in [7, 11) is 3.45. The van der Waals surface area contributed by atoms with Crippen LogP contribution in [-0.4, -0.2) is 21.8 Å². The largest absolute Gasteiger partial charge is 0.504 e. The number of phenols is 1. The highest BCUT2D eigenvalue weighted by atomic mass is 35.5. The zero-order chi connectivity index (χ0) is 14.3. The first-order valence-electron chi connectivity index (χ1n) is 6.09. The second-order valence-corrected chi connectivity index (χ2v) is 4.95. The van der Waals surface area contributed by atoms with Crippen molar-refractivity contribution in [1.82, 2.24) is 9.55 Å². The molecule has 0 fully saturated rings. The second-order valence-electron chi connectivity index (χ2n) is 4.51. The first-order valence-corrected chi connectivity index (χ1v) is 6.47. The molecule has 102 valence electrons. The number of benzene rings is 2. The lowest BCUT2D eigenvalue weighted by Gasteiger charge is -2.06. The number of ether oxygens (including phenoxy) is 1. The Labute approximate surface area is 121 Å². The fourth-order valence-electron chi connectivity index (χ4n) is 2.26.